The van der Waals surface area contributed by atoms with Gasteiger partial charge in [0.25, 0.3) is 0 Å². The Bertz CT molecular complexity index is 542. The first-order valence-corrected chi connectivity index (χ1v) is 8.25. The molecule has 3 amide bonds. The van der Waals surface area contributed by atoms with Crippen LogP contribution in [-0.4, -0.2) is 31.1 Å². The van der Waals surface area contributed by atoms with E-state index in [1.165, 1.54) is 11.1 Å². The molecule has 1 aliphatic rings. The summed E-state index contributed by atoms with van der Waals surface area (Å²) in [7, 11) is 0. The summed E-state index contributed by atoms with van der Waals surface area (Å²) in [4.78, 5) is 23.1. The largest absolute Gasteiger partial charge is 0.352 e. The van der Waals surface area contributed by atoms with Gasteiger partial charge in [0, 0.05) is 12.6 Å². The van der Waals surface area contributed by atoms with E-state index >= 15 is 0 Å². The van der Waals surface area contributed by atoms with Gasteiger partial charge in [-0.1, -0.05) is 45.0 Å². The van der Waals surface area contributed by atoms with E-state index in [4.69, 9.17) is 0 Å². The molecule has 23 heavy (non-hydrogen) atoms. The summed E-state index contributed by atoms with van der Waals surface area (Å²) in [6.07, 6.45) is 2.87. The number of carbonyl (C=O) groups excluding carboxylic acids is 2. The number of hydrogen-bond donors (Lipinski definition) is 3. The van der Waals surface area contributed by atoms with Gasteiger partial charge in [-0.2, -0.15) is 0 Å². The molecule has 0 aliphatic heterocycles. The molecule has 0 aromatic heterocycles. The normalized spacial score (nSPS) is 14.2. The third-order valence-corrected chi connectivity index (χ3v) is 3.87. The van der Waals surface area contributed by atoms with Gasteiger partial charge < -0.3 is 16.0 Å². The van der Waals surface area contributed by atoms with E-state index < -0.39 is 0 Å². The SMILES string of the molecule is CC(C)(C)c1ccc(CCNC(=O)NCC(=O)NC2CC2)cc1. The van der Waals surface area contributed by atoms with Crippen LogP contribution in [0.1, 0.15) is 44.7 Å². The Balaban J connectivity index is 1.63. The molecule has 1 aromatic carbocycles. The van der Waals surface area contributed by atoms with Gasteiger partial charge in [-0.15, -0.1) is 0 Å². The van der Waals surface area contributed by atoms with Crippen LogP contribution in [0.2, 0.25) is 0 Å². The lowest BCUT2D eigenvalue weighted by molar-refractivity contribution is -0.120. The van der Waals surface area contributed by atoms with Crippen LogP contribution in [0, 0.1) is 0 Å². The van der Waals surface area contributed by atoms with Gasteiger partial charge in [-0.25, -0.2) is 4.79 Å². The molecular weight excluding hydrogens is 290 g/mol. The number of benzene rings is 1. The van der Waals surface area contributed by atoms with Crippen LogP contribution in [0.3, 0.4) is 0 Å². The zero-order valence-corrected chi connectivity index (χ0v) is 14.2. The van der Waals surface area contributed by atoms with Crippen molar-refractivity contribution in [2.45, 2.75) is 51.5 Å². The topological polar surface area (TPSA) is 70.2 Å². The van der Waals surface area contributed by atoms with Crippen LogP contribution in [0.15, 0.2) is 24.3 Å². The summed E-state index contributed by atoms with van der Waals surface area (Å²) in [5.41, 5.74) is 2.64. The van der Waals surface area contributed by atoms with E-state index in [-0.39, 0.29) is 23.9 Å². The van der Waals surface area contributed by atoms with Crippen LogP contribution < -0.4 is 16.0 Å². The second-order valence-electron chi connectivity index (χ2n) is 7.15. The molecule has 0 heterocycles. The van der Waals surface area contributed by atoms with Crippen molar-refractivity contribution in [3.8, 4) is 0 Å². The Kier molecular flexibility index (Phi) is 5.64. The van der Waals surface area contributed by atoms with Crippen LogP contribution in [-0.2, 0) is 16.6 Å². The summed E-state index contributed by atoms with van der Waals surface area (Å²) in [5.74, 6) is -0.125. The summed E-state index contributed by atoms with van der Waals surface area (Å²) >= 11 is 0. The molecule has 0 unspecified atom stereocenters. The minimum Gasteiger partial charge on any atom is -0.352 e. The smallest absolute Gasteiger partial charge is 0.315 e. The molecule has 3 N–H and O–H groups in total. The van der Waals surface area contributed by atoms with E-state index in [9.17, 15) is 9.59 Å². The highest BCUT2D eigenvalue weighted by molar-refractivity contribution is 5.84. The van der Waals surface area contributed by atoms with Crippen LogP contribution in [0.25, 0.3) is 0 Å². The summed E-state index contributed by atoms with van der Waals surface area (Å²) in [6.45, 7) is 7.14. The number of carbonyl (C=O) groups is 2. The van der Waals surface area contributed by atoms with E-state index in [1.54, 1.807) is 0 Å². The maximum Gasteiger partial charge on any atom is 0.315 e. The Labute approximate surface area is 138 Å². The third kappa shape index (κ3) is 6.30. The first-order valence-electron chi connectivity index (χ1n) is 8.25. The number of nitrogens with one attached hydrogen (secondary N) is 3. The monoisotopic (exact) mass is 317 g/mol. The predicted molar refractivity (Wildman–Crippen MR) is 91.4 cm³/mol. The number of urea groups is 1. The van der Waals surface area contributed by atoms with Crippen molar-refractivity contribution in [3.05, 3.63) is 35.4 Å². The van der Waals surface area contributed by atoms with Crippen molar-refractivity contribution in [2.24, 2.45) is 0 Å². The van der Waals surface area contributed by atoms with Crippen LogP contribution in [0.5, 0.6) is 0 Å². The maximum atomic E-state index is 11.6. The lowest BCUT2D eigenvalue weighted by Crippen LogP contribution is -2.43. The van der Waals surface area contributed by atoms with Crippen molar-refractivity contribution < 1.29 is 9.59 Å². The highest BCUT2D eigenvalue weighted by Gasteiger charge is 2.23. The molecule has 2 rings (SSSR count). The Hall–Kier alpha value is -2.04. The average molecular weight is 317 g/mol. The summed E-state index contributed by atoms with van der Waals surface area (Å²) < 4.78 is 0. The molecule has 0 radical (unpaired) electrons. The Morgan fingerprint density at radius 1 is 1.09 bits per heavy atom. The zero-order valence-electron chi connectivity index (χ0n) is 14.2. The molecule has 0 saturated heterocycles. The van der Waals surface area contributed by atoms with Crippen LogP contribution in [0.4, 0.5) is 4.79 Å². The number of amides is 3. The standard InChI is InChI=1S/C18H27N3O2/c1-18(2,3)14-6-4-13(5-7-14)10-11-19-17(23)20-12-16(22)21-15-8-9-15/h4-7,15H,8-12H2,1-3H3,(H,21,22)(H2,19,20,23). The highest BCUT2D eigenvalue weighted by Crippen LogP contribution is 2.22. The minimum absolute atomic E-state index is 0.0304. The molecule has 0 spiro atoms. The second kappa shape index (κ2) is 7.49. The van der Waals surface area contributed by atoms with Crippen molar-refractivity contribution in [3.63, 3.8) is 0 Å². The molecule has 1 aromatic rings. The molecule has 0 bridgehead atoms. The van der Waals surface area contributed by atoms with E-state index in [1.807, 2.05) is 0 Å². The molecule has 1 aliphatic carbocycles. The summed E-state index contributed by atoms with van der Waals surface area (Å²) in [5, 5.41) is 8.17. The average Bonchev–Trinajstić information content (AvgIpc) is 3.29. The second-order valence-corrected chi connectivity index (χ2v) is 7.15. The first-order chi connectivity index (χ1) is 10.8. The van der Waals surface area contributed by atoms with Gasteiger partial charge in [-0.05, 0) is 35.8 Å². The van der Waals surface area contributed by atoms with Gasteiger partial charge in [0.15, 0.2) is 0 Å². The zero-order chi connectivity index (χ0) is 16.9. The lowest BCUT2D eigenvalue weighted by Gasteiger charge is -2.19. The Morgan fingerprint density at radius 3 is 2.30 bits per heavy atom. The van der Waals surface area contributed by atoms with E-state index in [2.05, 4.69) is 61.0 Å². The predicted octanol–water partition coefficient (Wildman–Crippen LogP) is 2.10. The number of rotatable bonds is 6. The van der Waals surface area contributed by atoms with Crippen molar-refractivity contribution in [1.82, 2.24) is 16.0 Å². The fraction of sp³-hybridized carbons (Fsp3) is 0.556. The first kappa shape index (κ1) is 17.3. The van der Waals surface area contributed by atoms with Gasteiger partial charge in [0.1, 0.15) is 0 Å². The quantitative estimate of drug-likeness (QED) is 0.752. The molecular formula is C18H27N3O2. The van der Waals surface area contributed by atoms with Crippen molar-refractivity contribution in [2.75, 3.05) is 13.1 Å². The van der Waals surface area contributed by atoms with Gasteiger partial charge in [0.05, 0.1) is 6.54 Å². The van der Waals surface area contributed by atoms with Gasteiger partial charge in [-0.3, -0.25) is 4.79 Å². The third-order valence-electron chi connectivity index (χ3n) is 3.87. The Morgan fingerprint density at radius 2 is 1.74 bits per heavy atom. The van der Waals surface area contributed by atoms with E-state index in [0.29, 0.717) is 12.6 Å². The number of hydrogen-bond acceptors (Lipinski definition) is 2. The maximum absolute atomic E-state index is 11.6. The van der Waals surface area contributed by atoms with E-state index in [0.717, 1.165) is 19.3 Å². The highest BCUT2D eigenvalue weighted by atomic mass is 16.2. The molecule has 5 heteroatoms. The van der Waals surface area contributed by atoms with Crippen LogP contribution >= 0.6 is 0 Å². The lowest BCUT2D eigenvalue weighted by atomic mass is 9.86. The van der Waals surface area contributed by atoms with Crippen molar-refractivity contribution in [1.29, 1.82) is 0 Å². The minimum atomic E-state index is -0.303. The summed E-state index contributed by atoms with van der Waals surface area (Å²) in [6, 6.07) is 8.49. The molecule has 0 atom stereocenters. The molecule has 5 nitrogen and oxygen atoms in total. The molecule has 1 fully saturated rings. The molecule has 126 valence electrons. The van der Waals surface area contributed by atoms with Gasteiger partial charge in [0.2, 0.25) is 5.91 Å². The fourth-order valence-electron chi connectivity index (χ4n) is 2.22. The van der Waals surface area contributed by atoms with Crippen molar-refractivity contribution >= 4 is 11.9 Å². The van der Waals surface area contributed by atoms with Gasteiger partial charge >= 0.3 is 6.03 Å². The fourth-order valence-corrected chi connectivity index (χ4v) is 2.22. The molecule has 1 saturated carbocycles.